The average molecular weight is 697 g/mol. The lowest BCUT2D eigenvalue weighted by Crippen LogP contribution is -2.45. The molecular weight excluding hydrogens is 667 g/mol. The fourth-order valence-electron chi connectivity index (χ4n) is 3.81. The Morgan fingerprint density at radius 3 is 2.56 bits per heavy atom. The van der Waals surface area contributed by atoms with Gasteiger partial charge in [-0.25, -0.2) is 15.0 Å². The molecule has 3 rings (SSSR count). The van der Waals surface area contributed by atoms with Gasteiger partial charge in [0.1, 0.15) is 5.75 Å². The van der Waals surface area contributed by atoms with Gasteiger partial charge in [-0.3, -0.25) is 4.79 Å². The number of carbonyl (C=O) groups excluding carboxylic acids is 2. The Morgan fingerprint density at radius 2 is 1.85 bits per heavy atom. The molecule has 41 heavy (non-hydrogen) atoms. The number of allylic oxidation sites excluding steroid dienone is 1. The van der Waals surface area contributed by atoms with Crippen LogP contribution in [0.25, 0.3) is 0 Å². The molecule has 1 heterocycles. The van der Waals surface area contributed by atoms with Crippen LogP contribution in [0, 0.1) is 3.57 Å². The Morgan fingerprint density at radius 1 is 1.10 bits per heavy atom. The number of hydrogen-bond donors (Lipinski definition) is 4. The van der Waals surface area contributed by atoms with Gasteiger partial charge in [0.2, 0.25) is 0 Å². The van der Waals surface area contributed by atoms with Crippen LogP contribution in [-0.2, 0) is 19.1 Å². The van der Waals surface area contributed by atoms with Crippen molar-refractivity contribution >= 4 is 64.0 Å². The number of thiocarbonyl (C=S) groups is 1. The van der Waals surface area contributed by atoms with Gasteiger partial charge in [-0.1, -0.05) is 18.2 Å². The van der Waals surface area contributed by atoms with E-state index in [2.05, 4.69) is 21.2 Å². The molecule has 0 spiro atoms. The molecule has 14 heteroatoms. The van der Waals surface area contributed by atoms with Crippen molar-refractivity contribution < 1.29 is 38.4 Å². The van der Waals surface area contributed by atoms with E-state index in [0.717, 1.165) is 0 Å². The van der Waals surface area contributed by atoms with Crippen molar-refractivity contribution in [3.05, 3.63) is 62.4 Å². The predicted molar refractivity (Wildman–Crippen MR) is 162 cm³/mol. The SMILES string of the molecule is CCOC(=O)C1=C(C)NC(=S)N[C@H]1c1ccccc1OCC(=O)NN=Cc1cc(I)c(OCC(=O)O)c(OCC)c1. The number of ether oxygens (including phenoxy) is 4. The Hall–Kier alpha value is -3.92. The summed E-state index contributed by atoms with van der Waals surface area (Å²) in [5.41, 5.74) is 4.51. The number of carboxylic acid groups (broad SMARTS) is 1. The van der Waals surface area contributed by atoms with E-state index in [4.69, 9.17) is 36.3 Å². The number of amides is 1. The largest absolute Gasteiger partial charge is 0.490 e. The van der Waals surface area contributed by atoms with Gasteiger partial charge in [0.25, 0.3) is 5.91 Å². The fourth-order valence-corrected chi connectivity index (χ4v) is 4.86. The first-order valence-corrected chi connectivity index (χ1v) is 13.9. The maximum absolute atomic E-state index is 12.7. The van der Waals surface area contributed by atoms with Crippen molar-refractivity contribution in [3.8, 4) is 17.2 Å². The van der Waals surface area contributed by atoms with Gasteiger partial charge in [0.15, 0.2) is 29.8 Å². The van der Waals surface area contributed by atoms with Crippen molar-refractivity contribution in [2.45, 2.75) is 26.8 Å². The van der Waals surface area contributed by atoms with E-state index in [0.29, 0.717) is 54.9 Å². The summed E-state index contributed by atoms with van der Waals surface area (Å²) in [6.07, 6.45) is 1.41. The standard InChI is InChI=1S/C27H29IN4O8S/c1-4-37-20-11-16(10-18(28)25(20)40-14-22(34)35)12-29-32-21(33)13-39-19-9-7-6-8-17(19)24-23(26(36)38-5-2)15(3)30-27(41)31-24/h6-12,24H,4-5,13-14H2,1-3H3,(H,32,33)(H,34,35)(H2,30,31,41)/t24-/m0/s1. The van der Waals surface area contributed by atoms with Crippen LogP contribution in [0.1, 0.15) is 37.9 Å². The normalized spacial score (nSPS) is 14.6. The monoisotopic (exact) mass is 696 g/mol. The summed E-state index contributed by atoms with van der Waals surface area (Å²) in [6, 6.07) is 9.66. The Bertz CT molecular complexity index is 1380. The second kappa shape index (κ2) is 15.2. The van der Waals surface area contributed by atoms with Gasteiger partial charge in [0.05, 0.1) is 34.6 Å². The van der Waals surface area contributed by atoms with Gasteiger partial charge in [-0.2, -0.15) is 5.10 Å². The van der Waals surface area contributed by atoms with E-state index in [1.165, 1.54) is 6.21 Å². The summed E-state index contributed by atoms with van der Waals surface area (Å²) in [6.45, 7) is 4.92. The van der Waals surface area contributed by atoms with Gasteiger partial charge < -0.3 is 34.7 Å². The van der Waals surface area contributed by atoms with Crippen molar-refractivity contribution in [2.75, 3.05) is 26.4 Å². The zero-order valence-electron chi connectivity index (χ0n) is 22.5. The fraction of sp³-hybridized carbons (Fsp3) is 0.296. The van der Waals surface area contributed by atoms with Crippen LogP contribution in [0.5, 0.6) is 17.2 Å². The van der Waals surface area contributed by atoms with E-state index >= 15 is 0 Å². The van der Waals surface area contributed by atoms with E-state index in [1.807, 2.05) is 22.6 Å². The highest BCUT2D eigenvalue weighted by Gasteiger charge is 2.32. The second-order valence-corrected chi connectivity index (χ2v) is 9.93. The van der Waals surface area contributed by atoms with E-state index in [9.17, 15) is 14.4 Å². The lowest BCUT2D eigenvalue weighted by atomic mass is 9.95. The van der Waals surface area contributed by atoms with Crippen molar-refractivity contribution in [2.24, 2.45) is 5.10 Å². The number of halogens is 1. The highest BCUT2D eigenvalue weighted by Crippen LogP contribution is 2.35. The van der Waals surface area contributed by atoms with Crippen molar-refractivity contribution in [1.82, 2.24) is 16.1 Å². The minimum absolute atomic E-state index is 0.209. The molecule has 0 saturated heterocycles. The van der Waals surface area contributed by atoms with E-state index in [1.54, 1.807) is 57.2 Å². The van der Waals surface area contributed by atoms with Crippen molar-refractivity contribution in [3.63, 3.8) is 0 Å². The maximum Gasteiger partial charge on any atom is 0.341 e. The number of carbonyl (C=O) groups is 3. The summed E-state index contributed by atoms with van der Waals surface area (Å²) in [7, 11) is 0. The molecule has 0 bridgehead atoms. The number of hydrogen-bond acceptors (Lipinski definition) is 9. The van der Waals surface area contributed by atoms with Crippen LogP contribution < -0.4 is 30.3 Å². The summed E-state index contributed by atoms with van der Waals surface area (Å²) >= 11 is 7.29. The molecule has 1 aliphatic rings. The predicted octanol–water partition coefficient (Wildman–Crippen LogP) is 3.04. The van der Waals surface area contributed by atoms with Crippen LogP contribution in [0.2, 0.25) is 0 Å². The first-order valence-electron chi connectivity index (χ1n) is 12.4. The Balaban J connectivity index is 1.70. The maximum atomic E-state index is 12.7. The topological polar surface area (TPSA) is 157 Å². The summed E-state index contributed by atoms with van der Waals surface area (Å²) in [4.78, 5) is 36.1. The molecular formula is C27H29IN4O8S. The quantitative estimate of drug-likeness (QED) is 0.0803. The van der Waals surface area contributed by atoms with E-state index < -0.39 is 30.5 Å². The summed E-state index contributed by atoms with van der Waals surface area (Å²) in [5.74, 6) is -1.10. The molecule has 0 unspecified atom stereocenters. The van der Waals surface area contributed by atoms with Crippen LogP contribution in [0.4, 0.5) is 0 Å². The first-order chi connectivity index (χ1) is 19.6. The van der Waals surface area contributed by atoms with Crippen LogP contribution in [0.3, 0.4) is 0 Å². The highest BCUT2D eigenvalue weighted by atomic mass is 127. The molecule has 2 aromatic rings. The highest BCUT2D eigenvalue weighted by molar-refractivity contribution is 14.1. The molecule has 1 aliphatic heterocycles. The Kier molecular flexibility index (Phi) is 11.7. The van der Waals surface area contributed by atoms with E-state index in [-0.39, 0.29) is 13.2 Å². The van der Waals surface area contributed by atoms with Gasteiger partial charge in [-0.15, -0.1) is 0 Å². The number of para-hydroxylation sites is 1. The number of esters is 1. The molecule has 218 valence electrons. The molecule has 0 aliphatic carbocycles. The zero-order valence-corrected chi connectivity index (χ0v) is 25.5. The molecule has 0 saturated carbocycles. The molecule has 2 aromatic carbocycles. The number of rotatable bonds is 13. The number of aliphatic carboxylic acids is 1. The molecule has 4 N–H and O–H groups in total. The lowest BCUT2D eigenvalue weighted by molar-refractivity contribution is -0.140. The molecule has 0 fully saturated rings. The van der Waals surface area contributed by atoms with Gasteiger partial charge in [0, 0.05) is 11.3 Å². The molecule has 1 atom stereocenters. The second-order valence-electron chi connectivity index (χ2n) is 8.36. The third-order valence-electron chi connectivity index (χ3n) is 5.43. The molecule has 12 nitrogen and oxygen atoms in total. The smallest absolute Gasteiger partial charge is 0.341 e. The third-order valence-corrected chi connectivity index (χ3v) is 6.45. The Labute approximate surface area is 255 Å². The minimum Gasteiger partial charge on any atom is -0.490 e. The molecule has 1 amide bonds. The third kappa shape index (κ3) is 8.78. The van der Waals surface area contributed by atoms with Crippen LogP contribution in [0.15, 0.2) is 52.8 Å². The number of nitrogens with one attached hydrogen (secondary N) is 3. The van der Waals surface area contributed by atoms with Gasteiger partial charge >= 0.3 is 11.9 Å². The van der Waals surface area contributed by atoms with Crippen LogP contribution >= 0.6 is 34.8 Å². The first kappa shape index (κ1) is 31.6. The van der Waals surface area contributed by atoms with Gasteiger partial charge in [-0.05, 0) is 79.3 Å². The zero-order chi connectivity index (χ0) is 29.9. The molecule has 0 radical (unpaired) electrons. The summed E-state index contributed by atoms with van der Waals surface area (Å²) in [5, 5.41) is 19.3. The minimum atomic E-state index is -1.11. The number of benzene rings is 2. The number of carboxylic acids is 1. The van der Waals surface area contributed by atoms with Crippen LogP contribution in [-0.4, -0.2) is 60.7 Å². The summed E-state index contributed by atoms with van der Waals surface area (Å²) < 4.78 is 22.6. The van der Waals surface area contributed by atoms with Crippen molar-refractivity contribution in [1.29, 1.82) is 0 Å². The lowest BCUT2D eigenvalue weighted by Gasteiger charge is -2.30. The number of hydrazone groups is 1. The number of nitrogens with zero attached hydrogens (tertiary/aromatic N) is 1. The molecule has 0 aromatic heterocycles. The average Bonchev–Trinajstić information content (AvgIpc) is 2.91.